The van der Waals surface area contributed by atoms with Crippen molar-refractivity contribution in [3.63, 3.8) is 0 Å². The van der Waals surface area contributed by atoms with E-state index < -0.39 is 0 Å². The maximum absolute atomic E-state index is 12.2. The molecule has 7 nitrogen and oxygen atoms in total. The molecule has 2 aliphatic rings. The number of ether oxygens (including phenoxy) is 2. The van der Waals surface area contributed by atoms with E-state index in [4.69, 9.17) is 9.47 Å². The average molecular weight is 370 g/mol. The van der Waals surface area contributed by atoms with Crippen LogP contribution in [0.25, 0.3) is 4.96 Å². The molecule has 1 atom stereocenters. The number of benzene rings is 1. The Bertz CT molecular complexity index is 1040. The van der Waals surface area contributed by atoms with Crippen LogP contribution in [0.5, 0.6) is 11.5 Å². The van der Waals surface area contributed by atoms with Crippen LogP contribution in [0.4, 0.5) is 5.13 Å². The molecule has 2 aliphatic heterocycles. The number of aryl methyl sites for hydroxylation is 1. The molecule has 3 aromatic rings. The summed E-state index contributed by atoms with van der Waals surface area (Å²) in [7, 11) is 0. The van der Waals surface area contributed by atoms with E-state index in [-0.39, 0.29) is 11.6 Å². The second-order valence-corrected chi connectivity index (χ2v) is 7.50. The van der Waals surface area contributed by atoms with Gasteiger partial charge in [0.05, 0.1) is 6.04 Å². The second-order valence-electron chi connectivity index (χ2n) is 6.57. The van der Waals surface area contributed by atoms with Crippen LogP contribution in [0.15, 0.2) is 29.1 Å². The number of fused-ring (bicyclic) bond motifs is 2. The van der Waals surface area contributed by atoms with Gasteiger partial charge in [0.1, 0.15) is 13.2 Å². The summed E-state index contributed by atoms with van der Waals surface area (Å²) in [6.07, 6.45) is 2.12. The van der Waals surface area contributed by atoms with E-state index >= 15 is 0 Å². The largest absolute Gasteiger partial charge is 0.486 e. The molecule has 0 aliphatic carbocycles. The topological polar surface area (TPSA) is 69.0 Å². The first-order valence-corrected chi connectivity index (χ1v) is 9.54. The first-order chi connectivity index (χ1) is 12.7. The second kappa shape index (κ2) is 5.98. The lowest BCUT2D eigenvalue weighted by molar-refractivity contribution is 0.171. The van der Waals surface area contributed by atoms with E-state index in [1.165, 1.54) is 27.5 Å². The van der Waals surface area contributed by atoms with Crippen molar-refractivity contribution in [2.45, 2.75) is 25.8 Å². The van der Waals surface area contributed by atoms with Gasteiger partial charge in [0.2, 0.25) is 10.1 Å². The minimum atomic E-state index is -0.134. The molecule has 2 aromatic heterocycles. The predicted molar refractivity (Wildman–Crippen MR) is 98.6 cm³/mol. The summed E-state index contributed by atoms with van der Waals surface area (Å²) in [5, 5.41) is 5.36. The molecule has 4 heterocycles. The van der Waals surface area contributed by atoms with Crippen LogP contribution in [0, 0.1) is 6.92 Å². The molecule has 0 N–H and O–H groups in total. The summed E-state index contributed by atoms with van der Waals surface area (Å²) in [6, 6.07) is 7.87. The summed E-state index contributed by atoms with van der Waals surface area (Å²) < 4.78 is 12.7. The van der Waals surface area contributed by atoms with E-state index in [0.717, 1.165) is 41.7 Å². The lowest BCUT2D eigenvalue weighted by Gasteiger charge is -2.25. The molecular formula is C18H18N4O3S. The minimum absolute atomic E-state index is 0.134. The van der Waals surface area contributed by atoms with E-state index in [1.807, 2.05) is 13.0 Å². The van der Waals surface area contributed by atoms with Gasteiger partial charge in [-0.3, -0.25) is 4.79 Å². The van der Waals surface area contributed by atoms with Crippen molar-refractivity contribution in [1.82, 2.24) is 14.6 Å². The third-order valence-corrected chi connectivity index (χ3v) is 5.76. The highest BCUT2D eigenvalue weighted by Crippen LogP contribution is 2.41. The fraction of sp³-hybridized carbons (Fsp3) is 0.389. The molecule has 0 bridgehead atoms. The Morgan fingerprint density at radius 3 is 2.92 bits per heavy atom. The zero-order valence-electron chi connectivity index (χ0n) is 14.3. The van der Waals surface area contributed by atoms with E-state index in [1.54, 1.807) is 0 Å². The van der Waals surface area contributed by atoms with Crippen molar-refractivity contribution in [3.05, 3.63) is 45.9 Å². The van der Waals surface area contributed by atoms with Crippen LogP contribution in [-0.4, -0.2) is 34.4 Å². The highest BCUT2D eigenvalue weighted by atomic mass is 32.1. The van der Waals surface area contributed by atoms with Gasteiger partial charge in [0, 0.05) is 18.3 Å². The van der Waals surface area contributed by atoms with Gasteiger partial charge in [0.15, 0.2) is 11.5 Å². The third-order valence-electron chi connectivity index (χ3n) is 4.81. The lowest BCUT2D eigenvalue weighted by Crippen LogP contribution is -2.23. The number of nitrogens with zero attached hydrogens (tertiary/aromatic N) is 4. The molecule has 1 aromatic carbocycles. The fourth-order valence-corrected chi connectivity index (χ4v) is 4.66. The van der Waals surface area contributed by atoms with Crippen LogP contribution in [0.2, 0.25) is 0 Å². The molecular weight excluding hydrogens is 352 g/mol. The minimum Gasteiger partial charge on any atom is -0.486 e. The van der Waals surface area contributed by atoms with Gasteiger partial charge in [-0.1, -0.05) is 17.4 Å². The molecule has 26 heavy (non-hydrogen) atoms. The maximum atomic E-state index is 12.2. The van der Waals surface area contributed by atoms with Crippen molar-refractivity contribution in [2.75, 3.05) is 24.7 Å². The molecule has 134 valence electrons. The molecule has 0 amide bonds. The van der Waals surface area contributed by atoms with Gasteiger partial charge in [-0.2, -0.15) is 4.52 Å². The Balaban J connectivity index is 1.53. The first-order valence-electron chi connectivity index (χ1n) is 8.73. The summed E-state index contributed by atoms with van der Waals surface area (Å²) >= 11 is 1.46. The van der Waals surface area contributed by atoms with Crippen molar-refractivity contribution >= 4 is 21.4 Å². The van der Waals surface area contributed by atoms with E-state index in [2.05, 4.69) is 27.1 Å². The zero-order valence-corrected chi connectivity index (χ0v) is 15.2. The van der Waals surface area contributed by atoms with Crippen LogP contribution < -0.4 is 19.9 Å². The molecule has 0 spiro atoms. The molecule has 0 saturated carbocycles. The first kappa shape index (κ1) is 15.6. The van der Waals surface area contributed by atoms with Gasteiger partial charge < -0.3 is 14.4 Å². The summed E-state index contributed by atoms with van der Waals surface area (Å²) in [4.78, 5) is 19.5. The number of hydrogen-bond acceptors (Lipinski definition) is 7. The standard InChI is InChI=1S/C18H18N4O3S/c1-11-9-16(23)22-17(19-11)26-18(20-22)21-6-2-3-13(21)12-4-5-14-15(10-12)25-8-7-24-14/h4-5,9-10,13H,2-3,6-8H2,1H3/t13-/m1/s1. The van der Waals surface area contributed by atoms with Crippen molar-refractivity contribution in [3.8, 4) is 11.5 Å². The normalized spacial score (nSPS) is 19.3. The van der Waals surface area contributed by atoms with Crippen molar-refractivity contribution < 1.29 is 9.47 Å². The van der Waals surface area contributed by atoms with E-state index in [0.29, 0.717) is 18.2 Å². The molecule has 0 radical (unpaired) electrons. The number of hydrogen-bond donors (Lipinski definition) is 0. The van der Waals surface area contributed by atoms with Gasteiger partial charge in [-0.25, -0.2) is 4.98 Å². The quantitative estimate of drug-likeness (QED) is 0.691. The Labute approximate surface area is 153 Å². The Morgan fingerprint density at radius 1 is 1.19 bits per heavy atom. The maximum Gasteiger partial charge on any atom is 0.275 e. The molecule has 1 fully saturated rings. The monoisotopic (exact) mass is 370 g/mol. The van der Waals surface area contributed by atoms with Crippen LogP contribution >= 0.6 is 11.3 Å². The number of anilines is 1. The predicted octanol–water partition coefficient (Wildman–Crippen LogP) is 2.57. The van der Waals surface area contributed by atoms with Crippen LogP contribution in [-0.2, 0) is 0 Å². The van der Waals surface area contributed by atoms with Gasteiger partial charge in [-0.05, 0) is 37.5 Å². The SMILES string of the molecule is Cc1cc(=O)n2nc(N3CCC[C@@H]3c3ccc4c(c3)OCCO4)sc2n1. The van der Waals surface area contributed by atoms with Crippen molar-refractivity contribution in [1.29, 1.82) is 0 Å². The van der Waals surface area contributed by atoms with Gasteiger partial charge in [-0.15, -0.1) is 5.10 Å². The Morgan fingerprint density at radius 2 is 2.04 bits per heavy atom. The third kappa shape index (κ3) is 2.52. The summed E-state index contributed by atoms with van der Waals surface area (Å²) in [5.74, 6) is 1.61. The van der Waals surface area contributed by atoms with Crippen molar-refractivity contribution in [2.24, 2.45) is 0 Å². The smallest absolute Gasteiger partial charge is 0.275 e. The fourth-order valence-electron chi connectivity index (χ4n) is 3.64. The molecule has 8 heteroatoms. The number of aromatic nitrogens is 3. The number of rotatable bonds is 2. The zero-order chi connectivity index (χ0) is 17.7. The highest BCUT2D eigenvalue weighted by molar-refractivity contribution is 7.20. The van der Waals surface area contributed by atoms with Crippen LogP contribution in [0.1, 0.15) is 30.1 Å². The van der Waals surface area contributed by atoms with E-state index in [9.17, 15) is 4.79 Å². The average Bonchev–Trinajstić information content (AvgIpc) is 3.28. The Kier molecular flexibility index (Phi) is 3.59. The molecule has 0 unspecified atom stereocenters. The highest BCUT2D eigenvalue weighted by Gasteiger charge is 2.30. The molecule has 5 rings (SSSR count). The Hall–Kier alpha value is -2.61. The van der Waals surface area contributed by atoms with Gasteiger partial charge in [0.25, 0.3) is 5.56 Å². The van der Waals surface area contributed by atoms with Crippen LogP contribution in [0.3, 0.4) is 0 Å². The van der Waals surface area contributed by atoms with Gasteiger partial charge >= 0.3 is 0 Å². The lowest BCUT2D eigenvalue weighted by atomic mass is 10.0. The summed E-state index contributed by atoms with van der Waals surface area (Å²) in [5.41, 5.74) is 1.77. The molecule has 1 saturated heterocycles. The summed E-state index contributed by atoms with van der Waals surface area (Å²) in [6.45, 7) is 3.91.